The Balaban J connectivity index is 1.38. The number of urea groups is 1. The average molecular weight is 643 g/mol. The number of amides is 2. The maximum atomic E-state index is 12.6. The van der Waals surface area contributed by atoms with Crippen molar-refractivity contribution >= 4 is 50.4 Å². The summed E-state index contributed by atoms with van der Waals surface area (Å²) >= 11 is 1.57. The number of fused-ring (bicyclic) bond motifs is 1. The van der Waals surface area contributed by atoms with Crippen LogP contribution in [0.2, 0.25) is 0 Å². The minimum atomic E-state index is -4.17. The number of thioether (sulfide) groups is 1. The molecule has 0 saturated carbocycles. The number of azo groups is 1. The molecule has 2 amide bonds. The van der Waals surface area contributed by atoms with Crippen molar-refractivity contribution < 1.29 is 28.2 Å². The zero-order valence-electron chi connectivity index (χ0n) is 24.3. The maximum absolute atomic E-state index is 12.6. The van der Waals surface area contributed by atoms with Crippen molar-refractivity contribution in [3.05, 3.63) is 119 Å². The average Bonchev–Trinajstić information content (AvgIpc) is 3.29. The molecular weight excluding hydrogens is 613 g/mol. The Bertz CT molecular complexity index is 1970. The quantitative estimate of drug-likeness (QED) is 0.103. The minimum Gasteiger partial charge on any atom is -0.493 e. The smallest absolute Gasteiger partial charge is 0.373 e. The third-order valence-electron chi connectivity index (χ3n) is 7.10. The van der Waals surface area contributed by atoms with Crippen LogP contribution in [-0.4, -0.2) is 41.0 Å². The zero-order valence-corrected chi connectivity index (χ0v) is 25.9. The molecular formula is C33H30N4O6S2. The lowest BCUT2D eigenvalue weighted by atomic mass is 10.1. The van der Waals surface area contributed by atoms with Crippen LogP contribution in [0, 0.1) is 6.92 Å². The molecule has 0 fully saturated rings. The number of aromatic carboxylic acids is 1. The molecule has 10 nitrogen and oxygen atoms in total. The molecule has 5 rings (SSSR count). The van der Waals surface area contributed by atoms with Gasteiger partial charge in [0, 0.05) is 22.6 Å². The van der Waals surface area contributed by atoms with Crippen LogP contribution in [0.3, 0.4) is 0 Å². The highest BCUT2D eigenvalue weighted by Gasteiger charge is 2.20. The molecule has 0 bridgehead atoms. The molecule has 0 unspecified atom stereocenters. The fraction of sp³-hybridized carbons (Fsp3) is 0.152. The predicted molar refractivity (Wildman–Crippen MR) is 173 cm³/mol. The summed E-state index contributed by atoms with van der Waals surface area (Å²) in [6, 6.07) is 27.0. The SMILES string of the molecule is Cc1ccc(S(=O)(=O)NC(=O)N=Nc2c(O)n(CCc3ccccc3)c3ccc(SCCc4ccc(C(=O)O)cc4)cc23)cc1. The van der Waals surface area contributed by atoms with Crippen LogP contribution < -0.4 is 4.72 Å². The van der Waals surface area contributed by atoms with Crippen LogP contribution in [0.5, 0.6) is 5.88 Å². The van der Waals surface area contributed by atoms with Crippen LogP contribution in [0.1, 0.15) is 27.0 Å². The largest absolute Gasteiger partial charge is 0.493 e. The summed E-state index contributed by atoms with van der Waals surface area (Å²) in [4.78, 5) is 24.5. The minimum absolute atomic E-state index is 0.0488. The van der Waals surface area contributed by atoms with Crippen molar-refractivity contribution in [2.45, 2.75) is 36.1 Å². The lowest BCUT2D eigenvalue weighted by Gasteiger charge is -2.08. The second-order valence-electron chi connectivity index (χ2n) is 10.3. The van der Waals surface area contributed by atoms with E-state index in [-0.39, 0.29) is 22.0 Å². The van der Waals surface area contributed by atoms with Gasteiger partial charge in [-0.3, -0.25) is 0 Å². The number of carboxylic acid groups (broad SMARTS) is 1. The van der Waals surface area contributed by atoms with E-state index in [2.05, 4.69) is 10.2 Å². The topological polar surface area (TPSA) is 150 Å². The second kappa shape index (κ2) is 13.8. The highest BCUT2D eigenvalue weighted by molar-refractivity contribution is 7.99. The number of carboxylic acids is 1. The van der Waals surface area contributed by atoms with Crippen LogP contribution >= 0.6 is 11.8 Å². The number of hydrogen-bond acceptors (Lipinski definition) is 7. The molecule has 4 aromatic carbocycles. The monoisotopic (exact) mass is 642 g/mol. The number of nitrogens with zero attached hydrogens (tertiary/aromatic N) is 3. The summed E-state index contributed by atoms with van der Waals surface area (Å²) in [5.74, 6) is -0.463. The summed E-state index contributed by atoms with van der Waals surface area (Å²) < 4.78 is 28.9. The number of aromatic nitrogens is 1. The lowest BCUT2D eigenvalue weighted by molar-refractivity contribution is 0.0696. The van der Waals surface area contributed by atoms with Gasteiger partial charge in [0.1, 0.15) is 0 Å². The van der Waals surface area contributed by atoms with Crippen molar-refractivity contribution in [3.8, 4) is 5.88 Å². The third kappa shape index (κ3) is 7.78. The summed E-state index contributed by atoms with van der Waals surface area (Å²) in [7, 11) is -4.17. The molecule has 5 aromatic rings. The molecule has 1 aromatic heterocycles. The van der Waals surface area contributed by atoms with Gasteiger partial charge in [0.25, 0.3) is 10.0 Å². The number of benzene rings is 4. The van der Waals surface area contributed by atoms with Crippen LogP contribution in [0.15, 0.2) is 117 Å². The first-order chi connectivity index (χ1) is 21.6. The fourth-order valence-corrected chi connectivity index (χ4v) is 6.53. The maximum Gasteiger partial charge on any atom is 0.373 e. The van der Waals surface area contributed by atoms with Crippen molar-refractivity contribution in [1.82, 2.24) is 9.29 Å². The van der Waals surface area contributed by atoms with E-state index in [1.165, 1.54) is 12.1 Å². The normalized spacial score (nSPS) is 11.7. The molecule has 3 N–H and O–H groups in total. The molecule has 0 aliphatic heterocycles. The Morgan fingerprint density at radius 1 is 0.889 bits per heavy atom. The fourth-order valence-electron chi connectivity index (χ4n) is 4.71. The molecule has 12 heteroatoms. The molecule has 1 heterocycles. The summed E-state index contributed by atoms with van der Waals surface area (Å²) in [5.41, 5.74) is 3.90. The van der Waals surface area contributed by atoms with Gasteiger partial charge in [0.15, 0.2) is 5.69 Å². The van der Waals surface area contributed by atoms with Gasteiger partial charge in [0.05, 0.1) is 16.0 Å². The number of carbonyl (C=O) groups is 2. The van der Waals surface area contributed by atoms with Gasteiger partial charge in [0.2, 0.25) is 5.88 Å². The van der Waals surface area contributed by atoms with E-state index in [1.807, 2.05) is 60.2 Å². The van der Waals surface area contributed by atoms with Gasteiger partial charge in [-0.2, -0.15) is 0 Å². The Labute approximate surface area is 264 Å². The summed E-state index contributed by atoms with van der Waals surface area (Å²) in [6.07, 6.45) is 1.33. The Morgan fingerprint density at radius 2 is 1.58 bits per heavy atom. The number of sulfonamides is 1. The number of carbonyl (C=O) groups excluding carboxylic acids is 1. The Kier molecular flexibility index (Phi) is 9.65. The van der Waals surface area contributed by atoms with Gasteiger partial charge in [-0.05, 0) is 73.4 Å². The molecule has 0 radical (unpaired) electrons. The number of aryl methyl sites for hydroxylation is 4. The van der Waals surface area contributed by atoms with Gasteiger partial charge in [-0.15, -0.1) is 16.9 Å². The molecule has 0 aliphatic carbocycles. The van der Waals surface area contributed by atoms with Crippen molar-refractivity contribution in [1.29, 1.82) is 0 Å². The number of aromatic hydroxyl groups is 1. The number of nitrogens with one attached hydrogen (secondary N) is 1. The lowest BCUT2D eigenvalue weighted by Crippen LogP contribution is -2.27. The standard InChI is InChI=1S/C33H30N4O6S2/c1-22-7-14-27(15-8-22)45(42,43)36-33(41)35-34-30-28-21-26(44-20-18-24-9-11-25(12-10-24)32(39)40)13-16-29(28)37(31(30)38)19-17-23-5-3-2-4-6-23/h2-16,21,38H,17-20H2,1H3,(H,36,41)(H,39,40). The van der Waals surface area contributed by atoms with Crippen molar-refractivity contribution in [3.63, 3.8) is 0 Å². The molecule has 230 valence electrons. The van der Waals surface area contributed by atoms with E-state index in [0.717, 1.165) is 21.6 Å². The first-order valence-corrected chi connectivity index (χ1v) is 16.5. The van der Waals surface area contributed by atoms with E-state index in [9.17, 15) is 23.1 Å². The zero-order chi connectivity index (χ0) is 32.0. The molecule has 0 saturated heterocycles. The van der Waals surface area contributed by atoms with E-state index < -0.39 is 22.0 Å². The number of rotatable bonds is 11. The van der Waals surface area contributed by atoms with E-state index in [4.69, 9.17) is 5.11 Å². The molecule has 0 atom stereocenters. The van der Waals surface area contributed by atoms with E-state index in [0.29, 0.717) is 36.0 Å². The second-order valence-corrected chi connectivity index (χ2v) is 13.1. The van der Waals surface area contributed by atoms with Crippen molar-refractivity contribution in [2.24, 2.45) is 10.2 Å². The van der Waals surface area contributed by atoms with Crippen molar-refractivity contribution in [2.75, 3.05) is 5.75 Å². The Hall–Kier alpha value is -4.94. The number of hydrogen-bond donors (Lipinski definition) is 3. The third-order valence-corrected chi connectivity index (χ3v) is 9.43. The first-order valence-electron chi connectivity index (χ1n) is 14.0. The van der Waals surface area contributed by atoms with Gasteiger partial charge >= 0.3 is 12.0 Å². The van der Waals surface area contributed by atoms with Crippen LogP contribution in [0.4, 0.5) is 10.5 Å². The van der Waals surface area contributed by atoms with Crippen LogP contribution in [0.25, 0.3) is 10.9 Å². The van der Waals surface area contributed by atoms with Gasteiger partial charge < -0.3 is 14.8 Å². The van der Waals surface area contributed by atoms with Crippen LogP contribution in [-0.2, 0) is 29.4 Å². The first kappa shape index (κ1) is 31.5. The van der Waals surface area contributed by atoms with E-state index >= 15 is 0 Å². The Morgan fingerprint density at radius 3 is 2.27 bits per heavy atom. The molecule has 0 aliphatic rings. The summed E-state index contributed by atoms with van der Waals surface area (Å²) in [6.45, 7) is 2.24. The van der Waals surface area contributed by atoms with E-state index in [1.54, 1.807) is 52.7 Å². The molecule has 0 spiro atoms. The highest BCUT2D eigenvalue weighted by atomic mass is 32.2. The predicted octanol–water partition coefficient (Wildman–Crippen LogP) is 7.11. The summed E-state index contributed by atoms with van der Waals surface area (Å²) in [5, 5.41) is 28.5. The van der Waals surface area contributed by atoms with Gasteiger partial charge in [-0.1, -0.05) is 65.3 Å². The van der Waals surface area contributed by atoms with Gasteiger partial charge in [-0.25, -0.2) is 22.7 Å². The highest BCUT2D eigenvalue weighted by Crippen LogP contribution is 2.41. The molecule has 45 heavy (non-hydrogen) atoms.